The van der Waals surface area contributed by atoms with E-state index in [1.54, 1.807) is 24.3 Å². The molecule has 0 unspecified atom stereocenters. The van der Waals surface area contributed by atoms with Gasteiger partial charge in [0.1, 0.15) is 4.33 Å². The maximum absolute atomic E-state index is 11.7. The van der Waals surface area contributed by atoms with Crippen LogP contribution in [0.1, 0.15) is 22.3 Å². The Morgan fingerprint density at radius 2 is 1.95 bits per heavy atom. The first kappa shape index (κ1) is 14.2. The fourth-order valence-electron chi connectivity index (χ4n) is 1.69. The second kappa shape index (κ2) is 5.39. The Bertz CT molecular complexity index is 499. The van der Waals surface area contributed by atoms with Crippen LogP contribution >= 0.6 is 23.2 Å². The van der Waals surface area contributed by atoms with Crippen LogP contribution in [0.4, 0.5) is 0 Å². The van der Waals surface area contributed by atoms with Crippen LogP contribution in [0.2, 0.25) is 0 Å². The number of benzene rings is 1. The van der Waals surface area contributed by atoms with Crippen LogP contribution in [0.15, 0.2) is 24.3 Å². The summed E-state index contributed by atoms with van der Waals surface area (Å²) in [5.41, 5.74) is 1.36. The summed E-state index contributed by atoms with van der Waals surface area (Å²) in [6.07, 6.45) is 0.489. The third-order valence-electron chi connectivity index (χ3n) is 2.98. The Balaban J connectivity index is 1.87. The zero-order chi connectivity index (χ0) is 14.0. The van der Waals surface area contributed by atoms with Crippen molar-refractivity contribution >= 4 is 35.1 Å². The molecule has 1 atom stereocenters. The lowest BCUT2D eigenvalue weighted by atomic mass is 10.1. The van der Waals surface area contributed by atoms with Gasteiger partial charge >= 0.3 is 5.97 Å². The van der Waals surface area contributed by atoms with Crippen molar-refractivity contribution in [2.75, 3.05) is 7.11 Å². The second-order valence-corrected chi connectivity index (χ2v) is 5.97. The van der Waals surface area contributed by atoms with Gasteiger partial charge in [0.2, 0.25) is 5.91 Å². The van der Waals surface area contributed by atoms with Crippen molar-refractivity contribution in [3.05, 3.63) is 35.4 Å². The Hall–Kier alpha value is -1.26. The van der Waals surface area contributed by atoms with E-state index in [0.717, 1.165) is 5.56 Å². The predicted octanol–water partition coefficient (Wildman–Crippen LogP) is 2.28. The lowest BCUT2D eigenvalue weighted by molar-refractivity contribution is -0.122. The first-order chi connectivity index (χ1) is 8.94. The maximum Gasteiger partial charge on any atom is 0.337 e. The monoisotopic (exact) mass is 301 g/mol. The van der Waals surface area contributed by atoms with Crippen LogP contribution in [-0.4, -0.2) is 23.3 Å². The molecule has 19 heavy (non-hydrogen) atoms. The molecule has 1 fully saturated rings. The van der Waals surface area contributed by atoms with Crippen LogP contribution in [-0.2, 0) is 16.1 Å². The summed E-state index contributed by atoms with van der Waals surface area (Å²) in [6, 6.07) is 6.82. The molecule has 1 aliphatic carbocycles. The zero-order valence-corrected chi connectivity index (χ0v) is 11.8. The van der Waals surface area contributed by atoms with Crippen molar-refractivity contribution in [2.24, 2.45) is 5.92 Å². The van der Waals surface area contributed by atoms with Crippen LogP contribution < -0.4 is 5.32 Å². The summed E-state index contributed by atoms with van der Waals surface area (Å²) in [6.45, 7) is 0.376. The number of rotatable bonds is 4. The molecule has 102 valence electrons. The molecule has 6 heteroatoms. The number of methoxy groups -OCH3 is 1. The van der Waals surface area contributed by atoms with E-state index in [1.807, 2.05) is 0 Å². The third kappa shape index (κ3) is 3.39. The van der Waals surface area contributed by atoms with Gasteiger partial charge in [-0.15, -0.1) is 23.2 Å². The molecule has 0 radical (unpaired) electrons. The molecule has 0 saturated heterocycles. The molecule has 0 aliphatic heterocycles. The third-order valence-corrected chi connectivity index (χ3v) is 3.82. The number of esters is 1. The van der Waals surface area contributed by atoms with Crippen molar-refractivity contribution in [1.82, 2.24) is 5.32 Å². The fourth-order valence-corrected chi connectivity index (χ4v) is 2.19. The Kier molecular flexibility index (Phi) is 4.02. The zero-order valence-electron chi connectivity index (χ0n) is 10.3. The fraction of sp³-hybridized carbons (Fsp3) is 0.385. The molecule has 2 rings (SSSR count). The van der Waals surface area contributed by atoms with Gasteiger partial charge in [0, 0.05) is 6.54 Å². The van der Waals surface area contributed by atoms with Gasteiger partial charge < -0.3 is 10.1 Å². The Morgan fingerprint density at radius 3 is 2.42 bits per heavy atom. The second-order valence-electron chi connectivity index (χ2n) is 4.42. The predicted molar refractivity (Wildman–Crippen MR) is 72.2 cm³/mol. The van der Waals surface area contributed by atoms with E-state index in [9.17, 15) is 9.59 Å². The molecule has 1 aromatic rings. The molecular formula is C13H13Cl2NO3. The summed E-state index contributed by atoms with van der Waals surface area (Å²) in [5, 5.41) is 2.76. The van der Waals surface area contributed by atoms with Gasteiger partial charge in [-0.25, -0.2) is 4.79 Å². The summed E-state index contributed by atoms with van der Waals surface area (Å²) >= 11 is 11.6. The molecule has 1 aliphatic rings. The van der Waals surface area contributed by atoms with Gasteiger partial charge in [-0.3, -0.25) is 4.79 Å². The van der Waals surface area contributed by atoms with Gasteiger partial charge in [0.05, 0.1) is 18.6 Å². The standard InChI is InChI=1S/C13H13Cl2NO3/c1-19-12(18)9-4-2-8(3-5-9)7-16-11(17)10-6-13(10,14)15/h2-5,10H,6-7H2,1H3,(H,16,17)/t10-/m0/s1. The van der Waals surface area contributed by atoms with Crippen molar-refractivity contribution < 1.29 is 14.3 Å². The number of alkyl halides is 2. The highest BCUT2D eigenvalue weighted by atomic mass is 35.5. The topological polar surface area (TPSA) is 55.4 Å². The van der Waals surface area contributed by atoms with E-state index >= 15 is 0 Å². The molecule has 1 N–H and O–H groups in total. The smallest absolute Gasteiger partial charge is 0.337 e. The van der Waals surface area contributed by atoms with E-state index in [0.29, 0.717) is 18.5 Å². The van der Waals surface area contributed by atoms with Gasteiger partial charge in [0.15, 0.2) is 0 Å². The van der Waals surface area contributed by atoms with Crippen molar-refractivity contribution in [1.29, 1.82) is 0 Å². The van der Waals surface area contributed by atoms with E-state index < -0.39 is 4.33 Å². The summed E-state index contributed by atoms with van der Waals surface area (Å²) < 4.78 is 3.70. The molecule has 0 heterocycles. The summed E-state index contributed by atoms with van der Waals surface area (Å²) in [7, 11) is 1.33. The van der Waals surface area contributed by atoms with Crippen LogP contribution in [0.5, 0.6) is 0 Å². The van der Waals surface area contributed by atoms with Crippen LogP contribution in [0.25, 0.3) is 0 Å². The normalized spacial score (nSPS) is 19.6. The highest BCUT2D eigenvalue weighted by Gasteiger charge is 2.56. The van der Waals surface area contributed by atoms with Crippen LogP contribution in [0, 0.1) is 5.92 Å². The molecule has 0 bridgehead atoms. The molecule has 0 aromatic heterocycles. The Morgan fingerprint density at radius 1 is 1.37 bits per heavy atom. The lowest BCUT2D eigenvalue weighted by Gasteiger charge is -2.06. The highest BCUT2D eigenvalue weighted by molar-refractivity contribution is 6.52. The average molecular weight is 302 g/mol. The van der Waals surface area contributed by atoms with E-state index in [4.69, 9.17) is 23.2 Å². The number of nitrogens with one attached hydrogen (secondary N) is 1. The number of hydrogen-bond donors (Lipinski definition) is 1. The molecule has 0 spiro atoms. The number of hydrogen-bond acceptors (Lipinski definition) is 3. The largest absolute Gasteiger partial charge is 0.465 e. The van der Waals surface area contributed by atoms with Gasteiger partial charge in [-0.05, 0) is 24.1 Å². The highest BCUT2D eigenvalue weighted by Crippen LogP contribution is 2.53. The average Bonchev–Trinajstić information content (AvgIpc) is 3.05. The number of halogens is 2. The molecular weight excluding hydrogens is 289 g/mol. The van der Waals surface area contributed by atoms with Crippen molar-refractivity contribution in [3.63, 3.8) is 0 Å². The van der Waals surface area contributed by atoms with Crippen molar-refractivity contribution in [3.8, 4) is 0 Å². The maximum atomic E-state index is 11.7. The van der Waals surface area contributed by atoms with Gasteiger partial charge in [0.25, 0.3) is 0 Å². The quantitative estimate of drug-likeness (QED) is 0.686. The molecule has 1 saturated carbocycles. The number of carbonyl (C=O) groups excluding carboxylic acids is 2. The molecule has 1 amide bonds. The Labute approximate surface area is 121 Å². The first-order valence-electron chi connectivity index (χ1n) is 5.77. The van der Waals surface area contributed by atoms with Gasteiger partial charge in [-0.2, -0.15) is 0 Å². The summed E-state index contributed by atoms with van der Waals surface area (Å²) in [5.74, 6) is -0.866. The summed E-state index contributed by atoms with van der Waals surface area (Å²) in [4.78, 5) is 22.9. The van der Waals surface area contributed by atoms with Crippen molar-refractivity contribution in [2.45, 2.75) is 17.3 Å². The minimum atomic E-state index is -0.904. The number of carbonyl (C=O) groups is 2. The van der Waals surface area contributed by atoms with E-state index in [2.05, 4.69) is 10.1 Å². The van der Waals surface area contributed by atoms with Gasteiger partial charge in [-0.1, -0.05) is 12.1 Å². The minimum absolute atomic E-state index is 0.151. The SMILES string of the molecule is COC(=O)c1ccc(CNC(=O)[C@@H]2CC2(Cl)Cl)cc1. The minimum Gasteiger partial charge on any atom is -0.465 e. The van der Waals surface area contributed by atoms with Crippen LogP contribution in [0.3, 0.4) is 0 Å². The molecule has 1 aromatic carbocycles. The number of amides is 1. The van der Waals surface area contributed by atoms with E-state index in [1.165, 1.54) is 7.11 Å². The number of ether oxygens (including phenoxy) is 1. The first-order valence-corrected chi connectivity index (χ1v) is 6.52. The molecule has 4 nitrogen and oxygen atoms in total. The lowest BCUT2D eigenvalue weighted by Crippen LogP contribution is -2.26. The van der Waals surface area contributed by atoms with E-state index in [-0.39, 0.29) is 17.8 Å².